The van der Waals surface area contributed by atoms with Crippen LogP contribution in [0, 0.1) is 35.2 Å². The van der Waals surface area contributed by atoms with Crippen molar-refractivity contribution >= 4 is 0 Å². The molecule has 0 heterocycles. The fourth-order valence-electron chi connectivity index (χ4n) is 1.23. The van der Waals surface area contributed by atoms with Gasteiger partial charge in [-0.2, -0.15) is 0 Å². The lowest BCUT2D eigenvalue weighted by atomic mass is 9.86. The van der Waals surface area contributed by atoms with Crippen LogP contribution in [0.5, 0.6) is 0 Å². The van der Waals surface area contributed by atoms with E-state index in [4.69, 9.17) is 6.42 Å². The first kappa shape index (κ1) is 11.6. The maximum atomic E-state index is 13.2. The Bertz CT molecular complexity index is 414. The molecule has 0 N–H and O–H groups in total. The summed E-state index contributed by atoms with van der Waals surface area (Å²) < 4.78 is 38.7. The van der Waals surface area contributed by atoms with E-state index in [9.17, 15) is 13.2 Å². The highest BCUT2D eigenvalue weighted by Crippen LogP contribution is 2.23. The molecule has 0 atom stereocenters. The van der Waals surface area contributed by atoms with Gasteiger partial charge in [0.15, 0.2) is 11.6 Å². The quantitative estimate of drug-likeness (QED) is 0.521. The number of benzene rings is 1. The monoisotopic (exact) mass is 212 g/mol. The first-order chi connectivity index (χ1) is 6.85. The molecule has 3 heteroatoms. The van der Waals surface area contributed by atoms with Gasteiger partial charge < -0.3 is 0 Å². The number of rotatable bonds is 2. The fraction of sp³-hybridized carbons (Fsp3) is 0.333. The van der Waals surface area contributed by atoms with Gasteiger partial charge in [0, 0.05) is 11.5 Å². The van der Waals surface area contributed by atoms with Crippen LogP contribution in [-0.4, -0.2) is 0 Å². The van der Waals surface area contributed by atoms with Crippen LogP contribution in [0.3, 0.4) is 0 Å². The molecule has 0 amide bonds. The summed E-state index contributed by atoms with van der Waals surface area (Å²) in [4.78, 5) is 0. The summed E-state index contributed by atoms with van der Waals surface area (Å²) in [6.07, 6.45) is 5.41. The first-order valence-corrected chi connectivity index (χ1v) is 4.47. The van der Waals surface area contributed by atoms with E-state index in [0.717, 1.165) is 6.07 Å². The third kappa shape index (κ3) is 2.76. The van der Waals surface area contributed by atoms with Gasteiger partial charge in [-0.15, -0.1) is 12.3 Å². The molecule has 0 aliphatic rings. The Labute approximate surface area is 87.1 Å². The van der Waals surface area contributed by atoms with Crippen molar-refractivity contribution in [3.63, 3.8) is 0 Å². The minimum Gasteiger partial charge on any atom is -0.207 e. The summed E-state index contributed by atoms with van der Waals surface area (Å²) in [7, 11) is 0. The molecule has 0 unspecified atom stereocenters. The Morgan fingerprint density at radius 2 is 1.67 bits per heavy atom. The zero-order valence-electron chi connectivity index (χ0n) is 8.57. The summed E-state index contributed by atoms with van der Waals surface area (Å²) in [6, 6.07) is 1.39. The van der Waals surface area contributed by atoms with Gasteiger partial charge in [-0.1, -0.05) is 0 Å². The van der Waals surface area contributed by atoms with Gasteiger partial charge in [-0.25, -0.2) is 13.2 Å². The predicted molar refractivity (Wildman–Crippen MR) is 52.6 cm³/mol. The smallest absolute Gasteiger partial charge is 0.161 e. The molecule has 0 bridgehead atoms. The maximum absolute atomic E-state index is 13.2. The van der Waals surface area contributed by atoms with Gasteiger partial charge in [-0.05, 0) is 31.9 Å². The molecule has 0 aromatic heterocycles. The van der Waals surface area contributed by atoms with Crippen molar-refractivity contribution in [2.24, 2.45) is 5.41 Å². The minimum atomic E-state index is -1.19. The summed E-state index contributed by atoms with van der Waals surface area (Å²) in [5.74, 6) is -0.540. The molecule has 0 spiro atoms. The van der Waals surface area contributed by atoms with Crippen molar-refractivity contribution in [2.75, 3.05) is 0 Å². The Morgan fingerprint density at radius 3 is 2.20 bits per heavy atom. The molecular weight excluding hydrogens is 201 g/mol. The highest BCUT2D eigenvalue weighted by Gasteiger charge is 2.19. The van der Waals surface area contributed by atoms with E-state index in [2.05, 4.69) is 5.92 Å². The predicted octanol–water partition coefficient (Wildman–Crippen LogP) is 3.31. The SMILES string of the molecule is C#CC(C)(C)Cc1cc(F)c(F)cc1F. The van der Waals surface area contributed by atoms with Crippen LogP contribution in [0.2, 0.25) is 0 Å². The van der Waals surface area contributed by atoms with Gasteiger partial charge in [0.2, 0.25) is 0 Å². The highest BCUT2D eigenvalue weighted by atomic mass is 19.2. The number of hydrogen-bond donors (Lipinski definition) is 0. The Balaban J connectivity index is 3.07. The molecule has 0 aliphatic carbocycles. The van der Waals surface area contributed by atoms with E-state index in [1.807, 2.05) is 0 Å². The van der Waals surface area contributed by atoms with Gasteiger partial charge in [0.25, 0.3) is 0 Å². The second-order valence-electron chi connectivity index (χ2n) is 4.06. The number of terminal acetylenes is 1. The molecule has 0 aliphatic heterocycles. The van der Waals surface area contributed by atoms with E-state index in [-0.39, 0.29) is 12.0 Å². The molecule has 0 saturated heterocycles. The average Bonchev–Trinajstić information content (AvgIpc) is 2.14. The third-order valence-corrected chi connectivity index (χ3v) is 2.11. The van der Waals surface area contributed by atoms with Crippen LogP contribution in [0.15, 0.2) is 12.1 Å². The van der Waals surface area contributed by atoms with Crippen molar-refractivity contribution in [3.05, 3.63) is 35.1 Å². The fourth-order valence-corrected chi connectivity index (χ4v) is 1.23. The molecular formula is C12H11F3. The van der Waals surface area contributed by atoms with Gasteiger partial charge in [0.05, 0.1) is 0 Å². The van der Waals surface area contributed by atoms with Crippen LogP contribution in [0.1, 0.15) is 19.4 Å². The van der Waals surface area contributed by atoms with E-state index < -0.39 is 22.9 Å². The molecule has 0 radical (unpaired) electrons. The normalized spacial score (nSPS) is 11.2. The van der Waals surface area contributed by atoms with Gasteiger partial charge >= 0.3 is 0 Å². The zero-order valence-corrected chi connectivity index (χ0v) is 8.57. The van der Waals surface area contributed by atoms with E-state index in [1.54, 1.807) is 13.8 Å². The van der Waals surface area contributed by atoms with E-state index in [1.165, 1.54) is 0 Å². The molecule has 0 nitrogen and oxygen atoms in total. The van der Waals surface area contributed by atoms with Crippen molar-refractivity contribution in [1.29, 1.82) is 0 Å². The van der Waals surface area contributed by atoms with Gasteiger partial charge in [0.1, 0.15) is 5.82 Å². The molecule has 1 aromatic rings. The third-order valence-electron chi connectivity index (χ3n) is 2.11. The summed E-state index contributed by atoms with van der Waals surface area (Å²) in [6.45, 7) is 3.46. The molecule has 0 fully saturated rings. The second-order valence-corrected chi connectivity index (χ2v) is 4.06. The Morgan fingerprint density at radius 1 is 1.13 bits per heavy atom. The Kier molecular flexibility index (Phi) is 3.09. The van der Waals surface area contributed by atoms with Crippen LogP contribution < -0.4 is 0 Å². The van der Waals surface area contributed by atoms with Crippen molar-refractivity contribution in [2.45, 2.75) is 20.3 Å². The lowest BCUT2D eigenvalue weighted by Crippen LogP contribution is -2.13. The molecule has 0 saturated carbocycles. The number of halogens is 3. The molecule has 1 aromatic carbocycles. The van der Waals surface area contributed by atoms with Gasteiger partial charge in [-0.3, -0.25) is 0 Å². The first-order valence-electron chi connectivity index (χ1n) is 4.47. The minimum absolute atomic E-state index is 0.0943. The zero-order chi connectivity index (χ0) is 11.6. The summed E-state index contributed by atoms with van der Waals surface area (Å²) >= 11 is 0. The largest absolute Gasteiger partial charge is 0.207 e. The van der Waals surface area contributed by atoms with Crippen LogP contribution in [0.4, 0.5) is 13.2 Å². The molecule has 15 heavy (non-hydrogen) atoms. The van der Waals surface area contributed by atoms with Crippen molar-refractivity contribution in [3.8, 4) is 12.3 Å². The van der Waals surface area contributed by atoms with Crippen molar-refractivity contribution in [1.82, 2.24) is 0 Å². The highest BCUT2D eigenvalue weighted by molar-refractivity contribution is 5.23. The summed E-state index contributed by atoms with van der Waals surface area (Å²) in [5, 5.41) is 0. The van der Waals surface area contributed by atoms with E-state index in [0.29, 0.717) is 6.07 Å². The number of hydrogen-bond acceptors (Lipinski definition) is 0. The molecule has 1 rings (SSSR count). The standard InChI is InChI=1S/C12H11F3/c1-4-12(2,3)7-8-5-10(14)11(15)6-9(8)13/h1,5-6H,7H2,2-3H3. The van der Waals surface area contributed by atoms with Crippen LogP contribution in [-0.2, 0) is 6.42 Å². The second kappa shape index (κ2) is 3.98. The maximum Gasteiger partial charge on any atom is 0.161 e. The lowest BCUT2D eigenvalue weighted by Gasteiger charge is -2.17. The summed E-state index contributed by atoms with van der Waals surface area (Å²) in [5.41, 5.74) is -0.484. The lowest BCUT2D eigenvalue weighted by molar-refractivity contribution is 0.460. The van der Waals surface area contributed by atoms with Crippen LogP contribution in [0.25, 0.3) is 0 Å². The Hall–Kier alpha value is -1.43. The van der Waals surface area contributed by atoms with Crippen LogP contribution >= 0.6 is 0 Å². The van der Waals surface area contributed by atoms with Crippen molar-refractivity contribution < 1.29 is 13.2 Å². The topological polar surface area (TPSA) is 0 Å². The van der Waals surface area contributed by atoms with E-state index >= 15 is 0 Å². The molecule has 80 valence electrons. The average molecular weight is 212 g/mol.